The average Bonchev–Trinajstić information content (AvgIpc) is 2.94. The highest BCUT2D eigenvalue weighted by Crippen LogP contribution is 2.21. The first-order chi connectivity index (χ1) is 10.1. The SMILES string of the molecule is CC(NC(=O)c1ccc2c(c1)COC2)c1cccc(N)c1. The lowest BCUT2D eigenvalue weighted by atomic mass is 10.0. The molecule has 21 heavy (non-hydrogen) atoms. The van der Waals surface area contributed by atoms with Crippen molar-refractivity contribution in [2.75, 3.05) is 5.73 Å². The molecule has 1 unspecified atom stereocenters. The summed E-state index contributed by atoms with van der Waals surface area (Å²) in [7, 11) is 0. The number of benzene rings is 2. The minimum absolute atomic E-state index is 0.0837. The molecular weight excluding hydrogens is 264 g/mol. The average molecular weight is 282 g/mol. The molecule has 2 aromatic carbocycles. The first kappa shape index (κ1) is 13.6. The number of carbonyl (C=O) groups is 1. The molecule has 4 heteroatoms. The van der Waals surface area contributed by atoms with Crippen LogP contribution < -0.4 is 11.1 Å². The number of rotatable bonds is 3. The van der Waals surface area contributed by atoms with E-state index in [1.165, 1.54) is 0 Å². The van der Waals surface area contributed by atoms with Gasteiger partial charge in [0.2, 0.25) is 0 Å². The normalized spacial score (nSPS) is 14.5. The van der Waals surface area contributed by atoms with Gasteiger partial charge < -0.3 is 15.8 Å². The largest absolute Gasteiger partial charge is 0.399 e. The third kappa shape index (κ3) is 2.90. The van der Waals surface area contributed by atoms with Crippen LogP contribution >= 0.6 is 0 Å². The fraction of sp³-hybridized carbons (Fsp3) is 0.235. The van der Waals surface area contributed by atoms with E-state index in [0.29, 0.717) is 24.5 Å². The molecule has 0 fully saturated rings. The van der Waals surface area contributed by atoms with E-state index in [-0.39, 0.29) is 11.9 Å². The number of nitrogens with one attached hydrogen (secondary N) is 1. The van der Waals surface area contributed by atoms with E-state index < -0.39 is 0 Å². The van der Waals surface area contributed by atoms with Crippen molar-refractivity contribution in [2.45, 2.75) is 26.2 Å². The molecule has 3 rings (SSSR count). The number of ether oxygens (including phenoxy) is 1. The first-order valence-electron chi connectivity index (χ1n) is 6.99. The lowest BCUT2D eigenvalue weighted by Crippen LogP contribution is -2.26. The zero-order valence-corrected chi connectivity index (χ0v) is 11.9. The van der Waals surface area contributed by atoms with Crippen LogP contribution in [0, 0.1) is 0 Å². The predicted molar refractivity (Wildman–Crippen MR) is 81.7 cm³/mol. The highest BCUT2D eigenvalue weighted by molar-refractivity contribution is 5.94. The molecule has 0 radical (unpaired) electrons. The summed E-state index contributed by atoms with van der Waals surface area (Å²) in [6.07, 6.45) is 0. The summed E-state index contributed by atoms with van der Waals surface area (Å²) in [6, 6.07) is 13.2. The molecule has 108 valence electrons. The Hall–Kier alpha value is -2.33. The quantitative estimate of drug-likeness (QED) is 0.851. The smallest absolute Gasteiger partial charge is 0.251 e. The van der Waals surface area contributed by atoms with Gasteiger partial charge in [-0.25, -0.2) is 0 Å². The van der Waals surface area contributed by atoms with Gasteiger partial charge in [-0.15, -0.1) is 0 Å². The monoisotopic (exact) mass is 282 g/mol. The Kier molecular flexibility index (Phi) is 3.62. The van der Waals surface area contributed by atoms with Gasteiger partial charge in [-0.1, -0.05) is 18.2 Å². The molecule has 1 atom stereocenters. The molecule has 0 saturated heterocycles. The van der Waals surface area contributed by atoms with E-state index in [1.807, 2.05) is 49.4 Å². The molecule has 1 amide bonds. The maximum absolute atomic E-state index is 12.3. The maximum Gasteiger partial charge on any atom is 0.251 e. The van der Waals surface area contributed by atoms with Crippen molar-refractivity contribution in [1.82, 2.24) is 5.32 Å². The summed E-state index contributed by atoms with van der Waals surface area (Å²) in [4.78, 5) is 12.3. The summed E-state index contributed by atoms with van der Waals surface area (Å²) in [6.45, 7) is 3.17. The van der Waals surface area contributed by atoms with Crippen molar-refractivity contribution in [2.24, 2.45) is 0 Å². The maximum atomic E-state index is 12.3. The molecule has 0 saturated carbocycles. The summed E-state index contributed by atoms with van der Waals surface area (Å²) in [5.41, 5.74) is 10.4. The number of hydrogen-bond donors (Lipinski definition) is 2. The zero-order valence-electron chi connectivity index (χ0n) is 11.9. The van der Waals surface area contributed by atoms with Gasteiger partial charge in [0.05, 0.1) is 19.3 Å². The minimum Gasteiger partial charge on any atom is -0.399 e. The van der Waals surface area contributed by atoms with E-state index in [2.05, 4.69) is 5.32 Å². The van der Waals surface area contributed by atoms with Crippen molar-refractivity contribution in [1.29, 1.82) is 0 Å². The molecule has 2 aromatic rings. The van der Waals surface area contributed by atoms with E-state index in [9.17, 15) is 4.79 Å². The summed E-state index contributed by atoms with van der Waals surface area (Å²) < 4.78 is 5.37. The van der Waals surface area contributed by atoms with Crippen molar-refractivity contribution in [3.63, 3.8) is 0 Å². The number of anilines is 1. The van der Waals surface area contributed by atoms with E-state index in [0.717, 1.165) is 16.7 Å². The van der Waals surface area contributed by atoms with Gasteiger partial charge >= 0.3 is 0 Å². The van der Waals surface area contributed by atoms with Crippen LogP contribution in [0.5, 0.6) is 0 Å². The van der Waals surface area contributed by atoms with Crippen LogP contribution in [-0.4, -0.2) is 5.91 Å². The van der Waals surface area contributed by atoms with Crippen molar-refractivity contribution in [3.05, 3.63) is 64.7 Å². The van der Waals surface area contributed by atoms with Gasteiger partial charge in [-0.05, 0) is 47.9 Å². The van der Waals surface area contributed by atoms with Crippen LogP contribution in [0.2, 0.25) is 0 Å². The number of amides is 1. The predicted octanol–water partition coefficient (Wildman–Crippen LogP) is 2.79. The Labute approximate surface area is 123 Å². The van der Waals surface area contributed by atoms with E-state index in [1.54, 1.807) is 0 Å². The second-order valence-electron chi connectivity index (χ2n) is 5.34. The first-order valence-corrected chi connectivity index (χ1v) is 6.99. The molecule has 0 aromatic heterocycles. The molecule has 1 heterocycles. The number of carbonyl (C=O) groups excluding carboxylic acids is 1. The standard InChI is InChI=1S/C17H18N2O2/c1-11(12-3-2-4-16(18)8-12)19-17(20)13-5-6-14-9-21-10-15(14)7-13/h2-8,11H,9-10,18H2,1H3,(H,19,20). The molecule has 1 aliphatic heterocycles. The highest BCUT2D eigenvalue weighted by Gasteiger charge is 2.16. The Morgan fingerprint density at radius 3 is 2.81 bits per heavy atom. The topological polar surface area (TPSA) is 64.3 Å². The molecular formula is C17H18N2O2. The van der Waals surface area contributed by atoms with Gasteiger partial charge in [-0.3, -0.25) is 4.79 Å². The number of nitrogens with two attached hydrogens (primary N) is 1. The summed E-state index contributed by atoms with van der Waals surface area (Å²) in [5.74, 6) is -0.0837. The second-order valence-corrected chi connectivity index (χ2v) is 5.34. The van der Waals surface area contributed by atoms with Gasteiger partial charge in [0.25, 0.3) is 5.91 Å². The van der Waals surface area contributed by atoms with Crippen LogP contribution in [0.25, 0.3) is 0 Å². The molecule has 4 nitrogen and oxygen atoms in total. The summed E-state index contributed by atoms with van der Waals surface area (Å²) in [5, 5.41) is 3.00. The second kappa shape index (κ2) is 5.58. The van der Waals surface area contributed by atoms with Crippen LogP contribution in [0.15, 0.2) is 42.5 Å². The Bertz CT molecular complexity index is 682. The number of fused-ring (bicyclic) bond motifs is 1. The number of nitrogen functional groups attached to an aromatic ring is 1. The minimum atomic E-state index is -0.0921. The van der Waals surface area contributed by atoms with Gasteiger partial charge in [-0.2, -0.15) is 0 Å². The van der Waals surface area contributed by atoms with Gasteiger partial charge in [0.15, 0.2) is 0 Å². The molecule has 3 N–H and O–H groups in total. The Balaban J connectivity index is 1.74. The highest BCUT2D eigenvalue weighted by atomic mass is 16.5. The van der Waals surface area contributed by atoms with Crippen LogP contribution in [0.1, 0.15) is 40.0 Å². The Morgan fingerprint density at radius 2 is 2.00 bits per heavy atom. The molecule has 0 aliphatic carbocycles. The third-order valence-electron chi connectivity index (χ3n) is 3.74. The van der Waals surface area contributed by atoms with Gasteiger partial charge in [0.1, 0.15) is 0 Å². The molecule has 0 bridgehead atoms. The third-order valence-corrected chi connectivity index (χ3v) is 3.74. The van der Waals surface area contributed by atoms with E-state index in [4.69, 9.17) is 10.5 Å². The fourth-order valence-electron chi connectivity index (χ4n) is 2.50. The number of hydrogen-bond acceptors (Lipinski definition) is 3. The van der Waals surface area contributed by atoms with Crippen molar-refractivity contribution < 1.29 is 9.53 Å². The van der Waals surface area contributed by atoms with Crippen LogP contribution in [0.3, 0.4) is 0 Å². The van der Waals surface area contributed by atoms with Crippen LogP contribution in [0.4, 0.5) is 5.69 Å². The fourth-order valence-corrected chi connectivity index (χ4v) is 2.50. The van der Waals surface area contributed by atoms with Crippen molar-refractivity contribution >= 4 is 11.6 Å². The lowest BCUT2D eigenvalue weighted by molar-refractivity contribution is 0.0939. The van der Waals surface area contributed by atoms with Crippen molar-refractivity contribution in [3.8, 4) is 0 Å². The molecule has 1 aliphatic rings. The molecule has 0 spiro atoms. The summed E-state index contributed by atoms with van der Waals surface area (Å²) >= 11 is 0. The van der Waals surface area contributed by atoms with Gasteiger partial charge in [0, 0.05) is 11.3 Å². The zero-order chi connectivity index (χ0) is 14.8. The Morgan fingerprint density at radius 1 is 1.19 bits per heavy atom. The lowest BCUT2D eigenvalue weighted by Gasteiger charge is -2.15. The van der Waals surface area contributed by atoms with E-state index >= 15 is 0 Å². The van der Waals surface area contributed by atoms with Crippen LogP contribution in [-0.2, 0) is 18.0 Å².